The normalized spacial score (nSPS) is 27.8. The summed E-state index contributed by atoms with van der Waals surface area (Å²) in [4.78, 5) is 9.33. The molecule has 2 saturated heterocycles. The van der Waals surface area contributed by atoms with Crippen molar-refractivity contribution in [1.29, 1.82) is 0 Å². The topological polar surface area (TPSA) is 28.6 Å². The highest BCUT2D eigenvalue weighted by atomic mass is 16.5. The molecule has 4 rings (SSSR count). The van der Waals surface area contributed by atoms with Crippen LogP contribution >= 0.6 is 0 Å². The van der Waals surface area contributed by atoms with Gasteiger partial charge in [-0.1, -0.05) is 6.07 Å². The van der Waals surface area contributed by atoms with Crippen LogP contribution in [0.25, 0.3) is 0 Å². The van der Waals surface area contributed by atoms with Crippen LogP contribution in [0.15, 0.2) is 24.5 Å². The van der Waals surface area contributed by atoms with Gasteiger partial charge in [0.15, 0.2) is 0 Å². The molecule has 1 aromatic heterocycles. The molecule has 23 heavy (non-hydrogen) atoms. The van der Waals surface area contributed by atoms with Gasteiger partial charge in [-0.15, -0.1) is 0 Å². The smallest absolute Gasteiger partial charge is 0.0723 e. The molecule has 1 unspecified atom stereocenters. The molecule has 4 nitrogen and oxygen atoms in total. The maximum atomic E-state index is 6.34. The molecule has 0 radical (unpaired) electrons. The molecule has 0 N–H and O–H groups in total. The maximum Gasteiger partial charge on any atom is 0.0723 e. The zero-order valence-corrected chi connectivity index (χ0v) is 14.3. The molecule has 2 aliphatic heterocycles. The Morgan fingerprint density at radius 1 is 1.35 bits per heavy atom. The number of likely N-dealkylation sites (N-methyl/N-ethyl adjacent to an activating group) is 1. The number of nitrogens with zero attached hydrogens (tertiary/aromatic N) is 3. The third-order valence-corrected chi connectivity index (χ3v) is 5.95. The maximum absolute atomic E-state index is 6.34. The highest BCUT2D eigenvalue weighted by Crippen LogP contribution is 2.39. The second-order valence-corrected chi connectivity index (χ2v) is 7.87. The third kappa shape index (κ3) is 3.76. The van der Waals surface area contributed by atoms with Crippen molar-refractivity contribution in [3.8, 4) is 0 Å². The number of likely N-dealkylation sites (tertiary alicyclic amines) is 1. The first-order chi connectivity index (χ1) is 11.2. The van der Waals surface area contributed by atoms with Gasteiger partial charge in [-0.2, -0.15) is 0 Å². The number of rotatable bonds is 5. The van der Waals surface area contributed by atoms with E-state index in [9.17, 15) is 0 Å². The predicted molar refractivity (Wildman–Crippen MR) is 91.2 cm³/mol. The summed E-state index contributed by atoms with van der Waals surface area (Å²) in [5.41, 5.74) is 1.45. The Labute approximate surface area is 139 Å². The van der Waals surface area contributed by atoms with Crippen LogP contribution in [-0.4, -0.2) is 59.7 Å². The largest absolute Gasteiger partial charge is 0.373 e. The highest BCUT2D eigenvalue weighted by Gasteiger charge is 2.44. The van der Waals surface area contributed by atoms with Crippen LogP contribution < -0.4 is 0 Å². The van der Waals surface area contributed by atoms with E-state index in [-0.39, 0.29) is 5.60 Å². The summed E-state index contributed by atoms with van der Waals surface area (Å²) in [5, 5.41) is 0. The van der Waals surface area contributed by atoms with Gasteiger partial charge in [-0.3, -0.25) is 9.88 Å². The van der Waals surface area contributed by atoms with Crippen molar-refractivity contribution >= 4 is 0 Å². The first-order valence-electron chi connectivity index (χ1n) is 9.18. The molecule has 4 heteroatoms. The lowest BCUT2D eigenvalue weighted by molar-refractivity contribution is -0.0444. The Kier molecular flexibility index (Phi) is 4.39. The van der Waals surface area contributed by atoms with Crippen molar-refractivity contribution in [2.75, 3.05) is 33.3 Å². The Morgan fingerprint density at radius 3 is 2.87 bits per heavy atom. The van der Waals surface area contributed by atoms with Crippen LogP contribution in [-0.2, 0) is 11.3 Å². The van der Waals surface area contributed by atoms with Gasteiger partial charge in [-0.05, 0) is 56.7 Å². The van der Waals surface area contributed by atoms with Crippen LogP contribution in [0.4, 0.5) is 0 Å². The van der Waals surface area contributed by atoms with E-state index in [1.807, 2.05) is 18.5 Å². The zero-order valence-electron chi connectivity index (χ0n) is 14.3. The molecule has 1 aromatic rings. The van der Waals surface area contributed by atoms with E-state index in [0.29, 0.717) is 6.04 Å². The van der Waals surface area contributed by atoms with E-state index >= 15 is 0 Å². The van der Waals surface area contributed by atoms with Crippen LogP contribution in [0.3, 0.4) is 0 Å². The molecule has 0 aromatic carbocycles. The van der Waals surface area contributed by atoms with Crippen LogP contribution in [0.1, 0.15) is 37.7 Å². The third-order valence-electron chi connectivity index (χ3n) is 5.95. The Bertz CT molecular complexity index is 509. The van der Waals surface area contributed by atoms with Gasteiger partial charge in [0, 0.05) is 44.6 Å². The first kappa shape index (κ1) is 15.6. The van der Waals surface area contributed by atoms with Gasteiger partial charge >= 0.3 is 0 Å². The quantitative estimate of drug-likeness (QED) is 0.835. The van der Waals surface area contributed by atoms with Crippen molar-refractivity contribution in [3.05, 3.63) is 30.1 Å². The molecular formula is C19H29N3O. The average molecular weight is 315 g/mol. The van der Waals surface area contributed by atoms with Crippen LogP contribution in [0, 0.1) is 5.92 Å². The minimum Gasteiger partial charge on any atom is -0.373 e. The van der Waals surface area contributed by atoms with Crippen molar-refractivity contribution in [2.45, 2.75) is 50.3 Å². The lowest BCUT2D eigenvalue weighted by Crippen LogP contribution is -2.45. The molecular weight excluding hydrogens is 286 g/mol. The van der Waals surface area contributed by atoms with E-state index in [1.165, 1.54) is 57.3 Å². The number of aromatic nitrogens is 1. The standard InChI is InChI=1S/C19H29N3O/c1-21(13-17-3-2-8-20-12-17)18-11-19(23-15-18)6-9-22(10-7-19)14-16-4-5-16/h2-3,8,12,16,18H,4-7,9-11,13-15H2,1H3. The molecule has 3 heterocycles. The molecule has 1 spiro atoms. The number of pyridine rings is 1. The van der Waals surface area contributed by atoms with Crippen LogP contribution in [0.5, 0.6) is 0 Å². The lowest BCUT2D eigenvalue weighted by Gasteiger charge is -2.39. The number of piperidine rings is 1. The minimum atomic E-state index is 0.161. The fraction of sp³-hybridized carbons (Fsp3) is 0.737. The molecule has 0 bridgehead atoms. The lowest BCUT2D eigenvalue weighted by atomic mass is 9.87. The second kappa shape index (κ2) is 6.50. The monoisotopic (exact) mass is 315 g/mol. The Hall–Kier alpha value is -0.970. The van der Waals surface area contributed by atoms with E-state index in [1.54, 1.807) is 0 Å². The fourth-order valence-corrected chi connectivity index (χ4v) is 4.17. The van der Waals surface area contributed by atoms with Gasteiger partial charge in [0.1, 0.15) is 0 Å². The second-order valence-electron chi connectivity index (χ2n) is 7.87. The van der Waals surface area contributed by atoms with E-state index in [0.717, 1.165) is 19.1 Å². The molecule has 1 atom stereocenters. The predicted octanol–water partition coefficient (Wildman–Crippen LogP) is 2.55. The Morgan fingerprint density at radius 2 is 2.17 bits per heavy atom. The summed E-state index contributed by atoms with van der Waals surface area (Å²) in [6, 6.07) is 4.72. The van der Waals surface area contributed by atoms with Gasteiger partial charge < -0.3 is 9.64 Å². The fourth-order valence-electron chi connectivity index (χ4n) is 4.17. The first-order valence-corrected chi connectivity index (χ1v) is 9.18. The molecule has 0 amide bonds. The minimum absolute atomic E-state index is 0.161. The number of hydrogen-bond donors (Lipinski definition) is 0. The van der Waals surface area contributed by atoms with Gasteiger partial charge in [0.05, 0.1) is 12.2 Å². The summed E-state index contributed by atoms with van der Waals surface area (Å²) in [6.45, 7) is 5.65. The van der Waals surface area contributed by atoms with Crippen molar-refractivity contribution in [3.63, 3.8) is 0 Å². The van der Waals surface area contributed by atoms with Gasteiger partial charge in [0.2, 0.25) is 0 Å². The van der Waals surface area contributed by atoms with E-state index in [2.05, 4.69) is 27.9 Å². The summed E-state index contributed by atoms with van der Waals surface area (Å²) in [6.07, 6.45) is 10.4. The van der Waals surface area contributed by atoms with Crippen molar-refractivity contribution in [2.24, 2.45) is 5.92 Å². The molecule has 1 saturated carbocycles. The summed E-state index contributed by atoms with van der Waals surface area (Å²) >= 11 is 0. The number of ether oxygens (including phenoxy) is 1. The van der Waals surface area contributed by atoms with E-state index < -0.39 is 0 Å². The van der Waals surface area contributed by atoms with Crippen LogP contribution in [0.2, 0.25) is 0 Å². The number of hydrogen-bond acceptors (Lipinski definition) is 4. The average Bonchev–Trinajstić information content (AvgIpc) is 3.30. The van der Waals surface area contributed by atoms with Gasteiger partial charge in [0.25, 0.3) is 0 Å². The SMILES string of the molecule is CN(Cc1cccnc1)C1COC2(CCN(CC3CC3)CC2)C1. The molecule has 126 valence electrons. The van der Waals surface area contributed by atoms with Gasteiger partial charge in [-0.25, -0.2) is 0 Å². The summed E-state index contributed by atoms with van der Waals surface area (Å²) in [7, 11) is 2.22. The highest BCUT2D eigenvalue weighted by molar-refractivity contribution is 5.08. The molecule has 3 fully saturated rings. The summed E-state index contributed by atoms with van der Waals surface area (Å²) in [5.74, 6) is 1.01. The zero-order chi connectivity index (χ0) is 15.7. The Balaban J connectivity index is 1.28. The molecule has 3 aliphatic rings. The van der Waals surface area contributed by atoms with E-state index in [4.69, 9.17) is 4.74 Å². The molecule has 1 aliphatic carbocycles. The van der Waals surface area contributed by atoms with Crippen molar-refractivity contribution < 1.29 is 4.74 Å². The summed E-state index contributed by atoms with van der Waals surface area (Å²) < 4.78 is 6.34. The van der Waals surface area contributed by atoms with Crippen molar-refractivity contribution in [1.82, 2.24) is 14.8 Å².